The third kappa shape index (κ3) is 3.22. The van der Waals surface area contributed by atoms with E-state index in [4.69, 9.17) is 11.6 Å². The normalized spacial score (nSPS) is 22.7. The van der Waals surface area contributed by atoms with E-state index < -0.39 is 0 Å². The summed E-state index contributed by atoms with van der Waals surface area (Å²) >= 11 is 5.94. The molecule has 6 heteroatoms. The Hall–Kier alpha value is -1.33. The van der Waals surface area contributed by atoms with Gasteiger partial charge in [0.2, 0.25) is 0 Å². The van der Waals surface area contributed by atoms with Crippen molar-refractivity contribution in [2.24, 2.45) is 5.92 Å². The van der Waals surface area contributed by atoms with Crippen LogP contribution in [-0.4, -0.2) is 47.1 Å². The molecule has 20 heavy (non-hydrogen) atoms. The van der Waals surface area contributed by atoms with Crippen LogP contribution < -0.4 is 5.32 Å². The van der Waals surface area contributed by atoms with Crippen LogP contribution in [0.25, 0.3) is 0 Å². The van der Waals surface area contributed by atoms with Crippen molar-refractivity contribution in [2.45, 2.75) is 25.8 Å². The Morgan fingerprint density at radius 2 is 2.30 bits per heavy atom. The summed E-state index contributed by atoms with van der Waals surface area (Å²) in [7, 11) is 1.73. The summed E-state index contributed by atoms with van der Waals surface area (Å²) in [6, 6.07) is 3.46. The molecule has 110 valence electrons. The molecule has 1 saturated heterocycles. The largest absolute Gasteiger partial charge is 0.396 e. The Morgan fingerprint density at radius 3 is 2.95 bits per heavy atom. The first-order valence-electron chi connectivity index (χ1n) is 6.82. The minimum atomic E-state index is -0.0588. The Labute approximate surface area is 123 Å². The van der Waals surface area contributed by atoms with Crippen molar-refractivity contribution < 1.29 is 9.90 Å². The predicted octanol–water partition coefficient (Wildman–Crippen LogP) is 2.01. The lowest BCUT2D eigenvalue weighted by atomic mass is 9.93. The number of aliphatic hydroxyl groups is 1. The van der Waals surface area contributed by atoms with Crippen LogP contribution in [0.3, 0.4) is 0 Å². The van der Waals surface area contributed by atoms with Crippen LogP contribution in [0.2, 0.25) is 5.15 Å². The van der Waals surface area contributed by atoms with Gasteiger partial charge >= 0.3 is 0 Å². The number of nitrogens with one attached hydrogen (secondary N) is 1. The fourth-order valence-electron chi connectivity index (χ4n) is 2.53. The quantitative estimate of drug-likeness (QED) is 0.838. The fourth-order valence-corrected chi connectivity index (χ4v) is 2.74. The molecule has 0 aliphatic carbocycles. The number of piperidine rings is 1. The lowest BCUT2D eigenvalue weighted by Gasteiger charge is -2.37. The summed E-state index contributed by atoms with van der Waals surface area (Å²) in [4.78, 5) is 18.5. The molecule has 0 aromatic carbocycles. The molecule has 1 amide bonds. The third-order valence-corrected chi connectivity index (χ3v) is 3.99. The number of amides is 1. The predicted molar refractivity (Wildman–Crippen MR) is 79.1 cm³/mol. The number of aliphatic hydroxyl groups excluding tert-OH is 1. The number of anilines is 1. The van der Waals surface area contributed by atoms with E-state index in [0.717, 1.165) is 12.8 Å². The molecule has 1 aromatic heterocycles. The molecule has 2 rings (SSSR count). The van der Waals surface area contributed by atoms with E-state index in [2.05, 4.69) is 10.3 Å². The highest BCUT2D eigenvalue weighted by Crippen LogP contribution is 2.24. The molecule has 2 atom stereocenters. The van der Waals surface area contributed by atoms with Gasteiger partial charge in [0.25, 0.3) is 5.91 Å². The van der Waals surface area contributed by atoms with E-state index in [9.17, 15) is 9.90 Å². The van der Waals surface area contributed by atoms with Crippen LogP contribution in [0.1, 0.15) is 30.1 Å². The molecule has 5 nitrogen and oxygen atoms in total. The van der Waals surface area contributed by atoms with Gasteiger partial charge in [-0.1, -0.05) is 11.6 Å². The number of likely N-dealkylation sites (tertiary alicyclic amines) is 1. The molecular weight excluding hydrogens is 278 g/mol. The Morgan fingerprint density at radius 1 is 1.55 bits per heavy atom. The molecule has 2 heterocycles. The average Bonchev–Trinajstić information content (AvgIpc) is 2.46. The Balaban J connectivity index is 2.23. The smallest absolute Gasteiger partial charge is 0.254 e. The molecule has 0 saturated carbocycles. The molecule has 0 spiro atoms. The third-order valence-electron chi connectivity index (χ3n) is 3.80. The summed E-state index contributed by atoms with van der Waals surface area (Å²) in [5.74, 6) is 0.678. The van der Waals surface area contributed by atoms with Crippen molar-refractivity contribution in [3.05, 3.63) is 22.8 Å². The van der Waals surface area contributed by atoms with Crippen LogP contribution in [0, 0.1) is 5.92 Å². The minimum absolute atomic E-state index is 0.0588. The SMILES string of the molecule is CNc1cc(C(=O)N2CC(CO)CCC2C)cc(Cl)n1. The first kappa shape index (κ1) is 15.1. The van der Waals surface area contributed by atoms with Crippen LogP contribution >= 0.6 is 11.6 Å². The maximum absolute atomic E-state index is 12.6. The first-order chi connectivity index (χ1) is 9.55. The highest BCUT2D eigenvalue weighted by molar-refractivity contribution is 6.29. The van der Waals surface area contributed by atoms with Crippen LogP contribution in [0.5, 0.6) is 0 Å². The van der Waals surface area contributed by atoms with Crippen molar-refractivity contribution in [1.82, 2.24) is 9.88 Å². The number of carbonyl (C=O) groups is 1. The van der Waals surface area contributed by atoms with Gasteiger partial charge in [-0.15, -0.1) is 0 Å². The van der Waals surface area contributed by atoms with Crippen molar-refractivity contribution >= 4 is 23.3 Å². The number of rotatable bonds is 3. The number of pyridine rings is 1. The van der Waals surface area contributed by atoms with Crippen molar-refractivity contribution in [3.63, 3.8) is 0 Å². The maximum atomic E-state index is 12.6. The summed E-state index contributed by atoms with van der Waals surface area (Å²) < 4.78 is 0. The van der Waals surface area contributed by atoms with Gasteiger partial charge in [-0.3, -0.25) is 4.79 Å². The molecular formula is C14H20ClN3O2. The van der Waals surface area contributed by atoms with Gasteiger partial charge in [0.15, 0.2) is 0 Å². The molecule has 2 unspecified atom stereocenters. The average molecular weight is 298 g/mol. The van der Waals surface area contributed by atoms with Gasteiger partial charge < -0.3 is 15.3 Å². The maximum Gasteiger partial charge on any atom is 0.254 e. The molecule has 0 radical (unpaired) electrons. The zero-order chi connectivity index (χ0) is 14.7. The van der Waals surface area contributed by atoms with Crippen LogP contribution in [-0.2, 0) is 0 Å². The van der Waals surface area contributed by atoms with Crippen LogP contribution in [0.4, 0.5) is 5.82 Å². The second-order valence-corrected chi connectivity index (χ2v) is 5.63. The molecule has 1 aromatic rings. The second kappa shape index (κ2) is 6.41. The van der Waals surface area contributed by atoms with E-state index in [1.165, 1.54) is 0 Å². The number of aromatic nitrogens is 1. The molecule has 1 aliphatic heterocycles. The fraction of sp³-hybridized carbons (Fsp3) is 0.571. The summed E-state index contributed by atoms with van der Waals surface area (Å²) in [6.07, 6.45) is 1.87. The second-order valence-electron chi connectivity index (χ2n) is 5.25. The van der Waals surface area contributed by atoms with E-state index in [0.29, 0.717) is 23.1 Å². The first-order valence-corrected chi connectivity index (χ1v) is 7.20. The topological polar surface area (TPSA) is 65.5 Å². The molecule has 1 fully saturated rings. The van der Waals surface area contributed by atoms with Crippen molar-refractivity contribution in [2.75, 3.05) is 25.5 Å². The van der Waals surface area contributed by atoms with E-state index >= 15 is 0 Å². The summed E-state index contributed by atoms with van der Waals surface area (Å²) in [5.41, 5.74) is 0.528. The number of hydrogen-bond acceptors (Lipinski definition) is 4. The van der Waals surface area contributed by atoms with E-state index in [-0.39, 0.29) is 24.5 Å². The molecule has 2 N–H and O–H groups in total. The van der Waals surface area contributed by atoms with Gasteiger partial charge in [0, 0.05) is 31.8 Å². The van der Waals surface area contributed by atoms with Gasteiger partial charge in [0.1, 0.15) is 11.0 Å². The van der Waals surface area contributed by atoms with E-state index in [1.54, 1.807) is 19.2 Å². The lowest BCUT2D eigenvalue weighted by molar-refractivity contribution is 0.0489. The molecule has 0 bridgehead atoms. The van der Waals surface area contributed by atoms with Crippen molar-refractivity contribution in [3.8, 4) is 0 Å². The highest BCUT2D eigenvalue weighted by atomic mass is 35.5. The summed E-state index contributed by atoms with van der Waals surface area (Å²) in [5, 5.41) is 12.5. The number of nitrogens with zero attached hydrogens (tertiary/aromatic N) is 2. The monoisotopic (exact) mass is 297 g/mol. The standard InChI is InChI=1S/C14H20ClN3O2/c1-9-3-4-10(8-19)7-18(9)14(20)11-5-12(15)17-13(6-11)16-2/h5-6,9-10,19H,3-4,7-8H2,1-2H3,(H,16,17). The highest BCUT2D eigenvalue weighted by Gasteiger charge is 2.29. The summed E-state index contributed by atoms with van der Waals surface area (Å²) in [6.45, 7) is 2.74. The Bertz CT molecular complexity index is 495. The molecule has 1 aliphatic rings. The zero-order valence-corrected chi connectivity index (χ0v) is 12.5. The number of hydrogen-bond donors (Lipinski definition) is 2. The number of halogens is 1. The van der Waals surface area contributed by atoms with Gasteiger partial charge in [-0.25, -0.2) is 4.98 Å². The van der Waals surface area contributed by atoms with E-state index in [1.807, 2.05) is 11.8 Å². The minimum Gasteiger partial charge on any atom is -0.396 e. The zero-order valence-electron chi connectivity index (χ0n) is 11.8. The van der Waals surface area contributed by atoms with Gasteiger partial charge in [0.05, 0.1) is 0 Å². The van der Waals surface area contributed by atoms with Gasteiger partial charge in [-0.05, 0) is 37.8 Å². The number of carbonyl (C=O) groups excluding carboxylic acids is 1. The van der Waals surface area contributed by atoms with Crippen LogP contribution in [0.15, 0.2) is 12.1 Å². The lowest BCUT2D eigenvalue weighted by Crippen LogP contribution is -2.46. The van der Waals surface area contributed by atoms with Crippen molar-refractivity contribution in [1.29, 1.82) is 0 Å². The van der Waals surface area contributed by atoms with Gasteiger partial charge in [-0.2, -0.15) is 0 Å². The Kier molecular flexibility index (Phi) is 4.83.